The molecule has 1 aliphatic rings. The summed E-state index contributed by atoms with van der Waals surface area (Å²) >= 11 is 0. The molecule has 4 aromatic rings. The molecule has 0 unspecified atom stereocenters. The summed E-state index contributed by atoms with van der Waals surface area (Å²) in [6.45, 7) is 11.3. The van der Waals surface area contributed by atoms with E-state index >= 15 is 0 Å². The minimum absolute atomic E-state index is 0.103. The molecule has 0 atom stereocenters. The van der Waals surface area contributed by atoms with Crippen LogP contribution in [0.2, 0.25) is 0 Å². The molecule has 0 aliphatic carbocycles. The molecule has 7 heteroatoms. The van der Waals surface area contributed by atoms with Gasteiger partial charge in [-0.25, -0.2) is 4.98 Å². The smallest absolute Gasteiger partial charge is 0.256 e. The summed E-state index contributed by atoms with van der Waals surface area (Å²) in [5.41, 5.74) is 7.83. The number of amides is 2. The molecule has 0 saturated heterocycles. The van der Waals surface area contributed by atoms with Crippen LogP contribution < -0.4 is 10.6 Å². The van der Waals surface area contributed by atoms with Crippen LogP contribution in [0.4, 0.5) is 5.69 Å². The number of aromatic nitrogens is 2. The lowest BCUT2D eigenvalue weighted by Gasteiger charge is -2.18. The lowest BCUT2D eigenvalue weighted by atomic mass is 10.00. The van der Waals surface area contributed by atoms with Gasteiger partial charge in [0.2, 0.25) is 0 Å². The van der Waals surface area contributed by atoms with Crippen LogP contribution in [0.15, 0.2) is 54.6 Å². The van der Waals surface area contributed by atoms with Crippen molar-refractivity contribution < 1.29 is 9.59 Å². The van der Waals surface area contributed by atoms with E-state index < -0.39 is 0 Å². The zero-order valence-electron chi connectivity index (χ0n) is 22.3. The highest BCUT2D eigenvalue weighted by Crippen LogP contribution is 2.37. The summed E-state index contributed by atoms with van der Waals surface area (Å²) < 4.78 is 0. The maximum Gasteiger partial charge on any atom is 0.256 e. The second kappa shape index (κ2) is 10.6. The molecule has 3 N–H and O–H groups in total. The Bertz CT molecular complexity index is 1560. The van der Waals surface area contributed by atoms with Crippen LogP contribution in [0.25, 0.3) is 33.8 Å². The molecule has 38 heavy (non-hydrogen) atoms. The summed E-state index contributed by atoms with van der Waals surface area (Å²) in [4.78, 5) is 36.4. The molecule has 0 saturated carbocycles. The van der Waals surface area contributed by atoms with E-state index in [1.54, 1.807) is 0 Å². The van der Waals surface area contributed by atoms with Crippen LogP contribution >= 0.6 is 0 Å². The maximum atomic E-state index is 13.0. The number of nitrogens with one attached hydrogen (secondary N) is 3. The summed E-state index contributed by atoms with van der Waals surface area (Å²) in [6, 6.07) is 18.0. The molecule has 5 rings (SSSR count). The molecule has 2 amide bonds. The molecular formula is C31H33N5O2. The van der Waals surface area contributed by atoms with Gasteiger partial charge in [-0.05, 0) is 62.8 Å². The first-order valence-corrected chi connectivity index (χ1v) is 13.1. The second-order valence-corrected chi connectivity index (χ2v) is 9.61. The molecule has 0 fully saturated rings. The average molecular weight is 508 g/mol. The van der Waals surface area contributed by atoms with Crippen LogP contribution in [0.3, 0.4) is 0 Å². The Kier molecular flexibility index (Phi) is 7.11. The number of likely N-dealkylation sites (N-methyl/N-ethyl adjacent to an activating group) is 1. The Morgan fingerprint density at radius 3 is 2.63 bits per heavy atom. The maximum absolute atomic E-state index is 13.0. The number of aromatic amines is 1. The van der Waals surface area contributed by atoms with Crippen molar-refractivity contribution >= 4 is 40.1 Å². The fourth-order valence-electron chi connectivity index (χ4n) is 5.08. The highest BCUT2D eigenvalue weighted by Gasteiger charge is 2.26. The van der Waals surface area contributed by atoms with Crippen LogP contribution in [-0.4, -0.2) is 52.9 Å². The molecule has 0 bridgehead atoms. The second-order valence-electron chi connectivity index (χ2n) is 9.61. The van der Waals surface area contributed by atoms with Crippen LogP contribution in [0.1, 0.15) is 46.7 Å². The molecule has 1 aliphatic heterocycles. The molecule has 2 aromatic carbocycles. The Hall–Kier alpha value is -4.23. The number of para-hydroxylation sites is 1. The van der Waals surface area contributed by atoms with Gasteiger partial charge in [0.15, 0.2) is 0 Å². The lowest BCUT2D eigenvalue weighted by molar-refractivity contribution is -0.110. The highest BCUT2D eigenvalue weighted by molar-refractivity contribution is 6.35. The number of H-pyrrole nitrogens is 1. The predicted octanol–water partition coefficient (Wildman–Crippen LogP) is 5.41. The van der Waals surface area contributed by atoms with Crippen molar-refractivity contribution in [3.63, 3.8) is 0 Å². The van der Waals surface area contributed by atoms with E-state index in [1.807, 2.05) is 68.5 Å². The largest absolute Gasteiger partial charge is 0.358 e. The number of fused-ring (bicyclic) bond motifs is 2. The highest BCUT2D eigenvalue weighted by atomic mass is 16.2. The van der Waals surface area contributed by atoms with Crippen molar-refractivity contribution in [2.24, 2.45) is 0 Å². The predicted molar refractivity (Wildman–Crippen MR) is 154 cm³/mol. The fraction of sp³-hybridized carbons (Fsp3) is 0.258. The average Bonchev–Trinajstić information content (AvgIpc) is 3.39. The van der Waals surface area contributed by atoms with E-state index in [4.69, 9.17) is 4.98 Å². The normalized spacial score (nSPS) is 13.8. The molecule has 0 radical (unpaired) electrons. The first kappa shape index (κ1) is 25.4. The zero-order valence-corrected chi connectivity index (χ0v) is 22.3. The van der Waals surface area contributed by atoms with E-state index in [1.165, 1.54) is 0 Å². The Balaban J connectivity index is 1.44. The van der Waals surface area contributed by atoms with Crippen molar-refractivity contribution in [2.75, 3.05) is 31.5 Å². The number of benzene rings is 2. The monoisotopic (exact) mass is 507 g/mol. The molecule has 2 aromatic heterocycles. The van der Waals surface area contributed by atoms with Gasteiger partial charge in [0.25, 0.3) is 11.8 Å². The number of hydrogen-bond donors (Lipinski definition) is 3. The van der Waals surface area contributed by atoms with Crippen LogP contribution in [0.5, 0.6) is 0 Å². The minimum Gasteiger partial charge on any atom is -0.358 e. The van der Waals surface area contributed by atoms with Gasteiger partial charge in [0.05, 0.1) is 22.3 Å². The van der Waals surface area contributed by atoms with E-state index in [9.17, 15) is 9.59 Å². The van der Waals surface area contributed by atoms with Crippen LogP contribution in [0, 0.1) is 13.8 Å². The fourth-order valence-corrected chi connectivity index (χ4v) is 5.08. The summed E-state index contributed by atoms with van der Waals surface area (Å²) in [5, 5.41) is 7.09. The van der Waals surface area contributed by atoms with Gasteiger partial charge < -0.3 is 20.5 Å². The van der Waals surface area contributed by atoms with E-state index in [0.717, 1.165) is 70.0 Å². The molecule has 0 spiro atoms. The topological polar surface area (TPSA) is 90.1 Å². The van der Waals surface area contributed by atoms with Crippen molar-refractivity contribution in [2.45, 2.75) is 27.7 Å². The molecule has 3 heterocycles. The van der Waals surface area contributed by atoms with Gasteiger partial charge in [0.1, 0.15) is 0 Å². The third kappa shape index (κ3) is 4.85. The Morgan fingerprint density at radius 2 is 1.84 bits per heavy atom. The van der Waals surface area contributed by atoms with Gasteiger partial charge in [0, 0.05) is 46.7 Å². The van der Waals surface area contributed by atoms with Gasteiger partial charge in [-0.1, -0.05) is 44.2 Å². The minimum atomic E-state index is -0.166. The van der Waals surface area contributed by atoms with E-state index in [0.29, 0.717) is 17.7 Å². The number of pyridine rings is 1. The van der Waals surface area contributed by atoms with Crippen molar-refractivity contribution in [1.82, 2.24) is 20.2 Å². The number of rotatable bonds is 8. The first-order chi connectivity index (χ1) is 18.4. The zero-order chi connectivity index (χ0) is 26.8. The Labute approximate surface area is 223 Å². The Morgan fingerprint density at radius 1 is 1.05 bits per heavy atom. The molecular weight excluding hydrogens is 474 g/mol. The summed E-state index contributed by atoms with van der Waals surface area (Å²) in [6.07, 6.45) is 1.84. The van der Waals surface area contributed by atoms with E-state index in [-0.39, 0.29) is 11.8 Å². The lowest BCUT2D eigenvalue weighted by Crippen LogP contribution is -2.35. The van der Waals surface area contributed by atoms with Crippen molar-refractivity contribution in [3.8, 4) is 11.3 Å². The summed E-state index contributed by atoms with van der Waals surface area (Å²) in [7, 11) is 0. The number of hydrogen-bond acceptors (Lipinski definition) is 4. The first-order valence-electron chi connectivity index (χ1n) is 13.1. The van der Waals surface area contributed by atoms with E-state index in [2.05, 4.69) is 40.4 Å². The van der Waals surface area contributed by atoms with Crippen molar-refractivity contribution in [3.05, 3.63) is 82.7 Å². The standard InChI is InChI=1S/C31H33N5O2/c1-5-36(6-2)16-15-32-31(38)29-19(3)28(33-20(29)4)18-24-23-17-22(12-14-27(23)35-30(24)37)26-13-11-21-9-7-8-10-25(21)34-26/h7-14,17-18,33H,5-6,15-16H2,1-4H3,(H,32,38)(H,35,37)/b24-18-. The van der Waals surface area contributed by atoms with Gasteiger partial charge in [-0.15, -0.1) is 0 Å². The van der Waals surface area contributed by atoms with Gasteiger partial charge in [-0.3, -0.25) is 9.59 Å². The number of nitrogens with zero attached hydrogens (tertiary/aromatic N) is 2. The third-order valence-corrected chi connectivity index (χ3v) is 7.30. The number of aryl methyl sites for hydroxylation is 1. The van der Waals surface area contributed by atoms with Gasteiger partial charge in [-0.2, -0.15) is 0 Å². The number of anilines is 1. The van der Waals surface area contributed by atoms with Gasteiger partial charge >= 0.3 is 0 Å². The molecule has 194 valence electrons. The SMILES string of the molecule is CCN(CC)CCNC(=O)c1c(C)[nH]c(/C=C2\C(=O)Nc3ccc(-c4ccc5ccccc5n4)cc32)c1C. The number of carbonyl (C=O) groups is 2. The third-order valence-electron chi connectivity index (χ3n) is 7.30. The quantitative estimate of drug-likeness (QED) is 0.278. The van der Waals surface area contributed by atoms with Crippen LogP contribution in [-0.2, 0) is 4.79 Å². The summed E-state index contributed by atoms with van der Waals surface area (Å²) in [5.74, 6) is -0.269. The molecule has 7 nitrogen and oxygen atoms in total. The number of carbonyl (C=O) groups excluding carboxylic acids is 2. The van der Waals surface area contributed by atoms with Crippen molar-refractivity contribution in [1.29, 1.82) is 0 Å².